The molecule has 1 rings (SSSR count). The first-order valence-corrected chi connectivity index (χ1v) is 4.11. The summed E-state index contributed by atoms with van der Waals surface area (Å²) in [6.45, 7) is 0. The molecule has 0 aliphatic rings. The molecule has 0 saturated heterocycles. The Hall–Kier alpha value is -1.23. The van der Waals surface area contributed by atoms with Crippen LogP contribution in [0.4, 0.5) is 4.39 Å². The summed E-state index contributed by atoms with van der Waals surface area (Å²) in [7, 11) is 0. The monoisotopic (exact) mass is 245 g/mol. The van der Waals surface area contributed by atoms with Gasteiger partial charge in [-0.05, 0) is 28.1 Å². The molecule has 0 amide bonds. The van der Waals surface area contributed by atoms with Crippen LogP contribution < -0.4 is 0 Å². The number of pyridine rings is 1. The number of hydrogen-bond donors (Lipinski definition) is 1. The van der Waals surface area contributed by atoms with E-state index in [4.69, 9.17) is 5.11 Å². The molecule has 1 heterocycles. The molecule has 0 bridgehead atoms. The third-order valence-corrected chi connectivity index (χ3v) is 1.67. The first kappa shape index (κ1) is 9.85. The Morgan fingerprint density at radius 2 is 2.38 bits per heavy atom. The summed E-state index contributed by atoms with van der Waals surface area (Å²) < 4.78 is 13.4. The van der Waals surface area contributed by atoms with E-state index >= 15 is 0 Å². The van der Waals surface area contributed by atoms with Crippen LogP contribution in [0.1, 0.15) is 5.56 Å². The maximum absolute atomic E-state index is 12.8. The van der Waals surface area contributed by atoms with Crippen molar-refractivity contribution in [1.29, 1.82) is 0 Å². The molecule has 5 heteroatoms. The van der Waals surface area contributed by atoms with E-state index in [-0.39, 0.29) is 5.56 Å². The molecule has 0 atom stereocenters. The van der Waals surface area contributed by atoms with Crippen LogP contribution in [-0.4, -0.2) is 16.1 Å². The number of carboxylic acids is 1. The largest absolute Gasteiger partial charge is 0.478 e. The summed E-state index contributed by atoms with van der Waals surface area (Å²) in [4.78, 5) is 13.5. The highest BCUT2D eigenvalue weighted by Gasteiger charge is 2.00. The van der Waals surface area contributed by atoms with Gasteiger partial charge in [-0.2, -0.15) is 4.39 Å². The highest BCUT2D eigenvalue weighted by molar-refractivity contribution is 9.10. The number of halogens is 2. The quantitative estimate of drug-likeness (QED) is 0.642. The van der Waals surface area contributed by atoms with Gasteiger partial charge in [0.25, 0.3) is 0 Å². The standard InChI is InChI=1S/C8H5BrFNO2/c9-6-3-5(1-2-7(12)13)8(10)11-4-6/h1-4H,(H,12,13). The van der Waals surface area contributed by atoms with Gasteiger partial charge in [0.05, 0.1) is 0 Å². The van der Waals surface area contributed by atoms with Gasteiger partial charge in [-0.3, -0.25) is 0 Å². The van der Waals surface area contributed by atoms with Gasteiger partial charge in [0.2, 0.25) is 5.95 Å². The van der Waals surface area contributed by atoms with Crippen molar-refractivity contribution >= 4 is 28.0 Å². The second-order valence-corrected chi connectivity index (χ2v) is 3.12. The number of hydrogen-bond acceptors (Lipinski definition) is 2. The number of carboxylic acid groups (broad SMARTS) is 1. The van der Waals surface area contributed by atoms with Gasteiger partial charge in [0.15, 0.2) is 0 Å². The summed E-state index contributed by atoms with van der Waals surface area (Å²) in [5.74, 6) is -1.82. The Morgan fingerprint density at radius 1 is 1.69 bits per heavy atom. The van der Waals surface area contributed by atoms with Crippen LogP contribution in [0.3, 0.4) is 0 Å². The normalized spacial score (nSPS) is 10.6. The summed E-state index contributed by atoms with van der Waals surface area (Å²) in [6.07, 6.45) is 3.30. The number of aliphatic carboxylic acids is 1. The maximum atomic E-state index is 12.8. The van der Waals surface area contributed by atoms with Crippen molar-refractivity contribution in [3.63, 3.8) is 0 Å². The van der Waals surface area contributed by atoms with Crippen molar-refractivity contribution in [2.75, 3.05) is 0 Å². The van der Waals surface area contributed by atoms with E-state index in [1.807, 2.05) is 0 Å². The molecule has 0 saturated carbocycles. The Morgan fingerprint density at radius 3 is 3.00 bits per heavy atom. The van der Waals surface area contributed by atoms with Gasteiger partial charge in [0, 0.05) is 22.3 Å². The molecule has 0 unspecified atom stereocenters. The molecular weight excluding hydrogens is 241 g/mol. The van der Waals surface area contributed by atoms with Crippen LogP contribution in [0.5, 0.6) is 0 Å². The zero-order valence-corrected chi connectivity index (χ0v) is 7.95. The molecule has 1 aromatic rings. The topological polar surface area (TPSA) is 50.2 Å². The molecule has 1 aromatic heterocycles. The first-order chi connectivity index (χ1) is 6.09. The average Bonchev–Trinajstić information content (AvgIpc) is 2.06. The van der Waals surface area contributed by atoms with Crippen molar-refractivity contribution in [2.45, 2.75) is 0 Å². The minimum atomic E-state index is -1.13. The lowest BCUT2D eigenvalue weighted by molar-refractivity contribution is -0.131. The fourth-order valence-electron chi connectivity index (χ4n) is 0.716. The van der Waals surface area contributed by atoms with Gasteiger partial charge in [-0.15, -0.1) is 0 Å². The fraction of sp³-hybridized carbons (Fsp3) is 0. The third-order valence-electron chi connectivity index (χ3n) is 1.24. The zero-order chi connectivity index (χ0) is 9.84. The third kappa shape index (κ3) is 2.95. The van der Waals surface area contributed by atoms with E-state index in [9.17, 15) is 9.18 Å². The van der Waals surface area contributed by atoms with Crippen molar-refractivity contribution in [2.24, 2.45) is 0 Å². The van der Waals surface area contributed by atoms with Crippen LogP contribution in [0.2, 0.25) is 0 Å². The summed E-state index contributed by atoms with van der Waals surface area (Å²) >= 11 is 3.09. The number of carbonyl (C=O) groups is 1. The Kier molecular flexibility index (Phi) is 3.13. The molecule has 0 radical (unpaired) electrons. The lowest BCUT2D eigenvalue weighted by atomic mass is 10.2. The van der Waals surface area contributed by atoms with Gasteiger partial charge in [-0.25, -0.2) is 9.78 Å². The summed E-state index contributed by atoms with van der Waals surface area (Å²) in [5.41, 5.74) is 0.136. The van der Waals surface area contributed by atoms with Crippen LogP contribution in [0.25, 0.3) is 6.08 Å². The minimum Gasteiger partial charge on any atom is -0.478 e. The Labute approximate surface area is 82.0 Å². The lowest BCUT2D eigenvalue weighted by Crippen LogP contribution is -1.90. The first-order valence-electron chi connectivity index (χ1n) is 3.31. The number of nitrogens with zero attached hydrogens (tertiary/aromatic N) is 1. The van der Waals surface area contributed by atoms with Crippen LogP contribution in [0, 0.1) is 5.95 Å². The molecule has 1 N–H and O–H groups in total. The Balaban J connectivity index is 3.00. The SMILES string of the molecule is O=C(O)C=Cc1cc(Br)cnc1F. The van der Waals surface area contributed by atoms with E-state index in [1.165, 1.54) is 12.3 Å². The smallest absolute Gasteiger partial charge is 0.328 e. The lowest BCUT2D eigenvalue weighted by Gasteiger charge is -1.95. The highest BCUT2D eigenvalue weighted by Crippen LogP contribution is 2.13. The van der Waals surface area contributed by atoms with Gasteiger partial charge in [0.1, 0.15) is 0 Å². The van der Waals surface area contributed by atoms with Crippen molar-refractivity contribution in [3.8, 4) is 0 Å². The maximum Gasteiger partial charge on any atom is 0.328 e. The fourth-order valence-corrected chi connectivity index (χ4v) is 1.07. The van der Waals surface area contributed by atoms with E-state index in [2.05, 4.69) is 20.9 Å². The second kappa shape index (κ2) is 4.13. The predicted octanol–water partition coefficient (Wildman–Crippen LogP) is 2.08. The van der Waals surface area contributed by atoms with Crippen molar-refractivity contribution in [3.05, 3.63) is 34.3 Å². The summed E-state index contributed by atoms with van der Waals surface area (Å²) in [5, 5.41) is 8.29. The van der Waals surface area contributed by atoms with Crippen LogP contribution >= 0.6 is 15.9 Å². The van der Waals surface area contributed by atoms with E-state index in [0.717, 1.165) is 12.2 Å². The zero-order valence-electron chi connectivity index (χ0n) is 6.37. The highest BCUT2D eigenvalue weighted by atomic mass is 79.9. The average molecular weight is 246 g/mol. The van der Waals surface area contributed by atoms with Gasteiger partial charge in [-0.1, -0.05) is 0 Å². The molecule has 0 aromatic carbocycles. The second-order valence-electron chi connectivity index (χ2n) is 2.21. The molecule has 3 nitrogen and oxygen atoms in total. The van der Waals surface area contributed by atoms with Crippen LogP contribution in [0.15, 0.2) is 22.8 Å². The minimum absolute atomic E-state index is 0.136. The van der Waals surface area contributed by atoms with Crippen LogP contribution in [-0.2, 0) is 4.79 Å². The molecule has 68 valence electrons. The number of aromatic nitrogens is 1. The molecule has 0 spiro atoms. The predicted molar refractivity (Wildman–Crippen MR) is 48.6 cm³/mol. The van der Waals surface area contributed by atoms with Crippen molar-refractivity contribution < 1.29 is 14.3 Å². The van der Waals surface area contributed by atoms with E-state index < -0.39 is 11.9 Å². The Bertz CT molecular complexity index is 365. The van der Waals surface area contributed by atoms with E-state index in [0.29, 0.717) is 4.47 Å². The van der Waals surface area contributed by atoms with Crippen molar-refractivity contribution in [1.82, 2.24) is 4.98 Å². The molecular formula is C8H5BrFNO2. The molecule has 13 heavy (non-hydrogen) atoms. The molecule has 0 aliphatic heterocycles. The van der Waals surface area contributed by atoms with Gasteiger partial charge < -0.3 is 5.11 Å². The van der Waals surface area contributed by atoms with Gasteiger partial charge >= 0.3 is 5.97 Å². The number of rotatable bonds is 2. The molecule has 0 fully saturated rings. The molecule has 0 aliphatic carbocycles. The summed E-state index contributed by atoms with van der Waals surface area (Å²) in [6, 6.07) is 1.45. The van der Waals surface area contributed by atoms with E-state index in [1.54, 1.807) is 0 Å².